The number of likely N-dealkylation sites (tertiary alicyclic amines) is 1. The number of nitrogens with zero attached hydrogens (tertiary/aromatic N) is 1. The van der Waals surface area contributed by atoms with E-state index in [1.165, 1.54) is 0 Å². The van der Waals surface area contributed by atoms with Crippen LogP contribution < -0.4 is 15.4 Å². The van der Waals surface area contributed by atoms with Crippen LogP contribution >= 0.6 is 0 Å². The summed E-state index contributed by atoms with van der Waals surface area (Å²) < 4.78 is 5.13. The fourth-order valence-corrected chi connectivity index (χ4v) is 3.14. The lowest BCUT2D eigenvalue weighted by Crippen LogP contribution is -2.40. The van der Waals surface area contributed by atoms with Gasteiger partial charge in [-0.2, -0.15) is 0 Å². The minimum absolute atomic E-state index is 0.00364. The van der Waals surface area contributed by atoms with E-state index >= 15 is 0 Å². The lowest BCUT2D eigenvalue weighted by atomic mass is 10.0. The van der Waals surface area contributed by atoms with Crippen molar-refractivity contribution >= 4 is 17.5 Å². The predicted molar refractivity (Wildman–Crippen MR) is 103 cm³/mol. The van der Waals surface area contributed by atoms with Crippen LogP contribution in [0.4, 0.5) is 5.69 Å². The molecule has 0 radical (unpaired) electrons. The second-order valence-corrected chi connectivity index (χ2v) is 7.28. The van der Waals surface area contributed by atoms with Crippen LogP contribution in [0.3, 0.4) is 0 Å². The molecule has 1 aromatic carbocycles. The molecule has 1 aliphatic heterocycles. The summed E-state index contributed by atoms with van der Waals surface area (Å²) in [5, 5.41) is 5.93. The number of rotatable bonds is 8. The molecule has 1 aromatic rings. The van der Waals surface area contributed by atoms with Crippen LogP contribution in [-0.2, 0) is 9.59 Å². The monoisotopic (exact) mass is 361 g/mol. The molecule has 2 N–H and O–H groups in total. The largest absolute Gasteiger partial charge is 0.497 e. The first-order chi connectivity index (χ1) is 12.4. The maximum absolute atomic E-state index is 12.5. The van der Waals surface area contributed by atoms with E-state index in [4.69, 9.17) is 4.74 Å². The van der Waals surface area contributed by atoms with E-state index in [-0.39, 0.29) is 23.8 Å². The number of ether oxygens (including phenoxy) is 1. The van der Waals surface area contributed by atoms with Crippen molar-refractivity contribution in [3.8, 4) is 5.75 Å². The normalized spacial score (nSPS) is 18.6. The molecule has 1 aliphatic rings. The highest BCUT2D eigenvalue weighted by molar-refractivity contribution is 5.94. The Bertz CT molecular complexity index is 601. The lowest BCUT2D eigenvalue weighted by Gasteiger charge is -2.23. The summed E-state index contributed by atoms with van der Waals surface area (Å²) in [6, 6.07) is 7.17. The smallest absolute Gasteiger partial charge is 0.241 e. The minimum atomic E-state index is -0.174. The van der Waals surface area contributed by atoms with Crippen LogP contribution in [0.5, 0.6) is 5.75 Å². The zero-order chi connectivity index (χ0) is 19.1. The molecule has 1 heterocycles. The molecule has 0 bridgehead atoms. The molecule has 0 saturated carbocycles. The third-order valence-electron chi connectivity index (χ3n) is 4.98. The Morgan fingerprint density at radius 1 is 1.19 bits per heavy atom. The van der Waals surface area contributed by atoms with Crippen LogP contribution in [0, 0.1) is 11.8 Å². The average Bonchev–Trinajstić information content (AvgIpc) is 3.10. The third-order valence-corrected chi connectivity index (χ3v) is 4.98. The van der Waals surface area contributed by atoms with Crippen molar-refractivity contribution in [3.05, 3.63) is 24.3 Å². The summed E-state index contributed by atoms with van der Waals surface area (Å²) in [7, 11) is 1.62. The molecule has 1 saturated heterocycles. The highest BCUT2D eigenvalue weighted by Crippen LogP contribution is 2.22. The zero-order valence-corrected chi connectivity index (χ0v) is 16.2. The second-order valence-electron chi connectivity index (χ2n) is 7.28. The van der Waals surface area contributed by atoms with Crippen molar-refractivity contribution < 1.29 is 14.3 Å². The van der Waals surface area contributed by atoms with E-state index < -0.39 is 0 Å². The Hall–Kier alpha value is -2.08. The highest BCUT2D eigenvalue weighted by Gasteiger charge is 2.29. The van der Waals surface area contributed by atoms with Gasteiger partial charge in [-0.1, -0.05) is 13.8 Å². The van der Waals surface area contributed by atoms with Gasteiger partial charge in [-0.3, -0.25) is 14.5 Å². The predicted octanol–water partition coefficient (Wildman–Crippen LogP) is 2.51. The van der Waals surface area contributed by atoms with E-state index in [9.17, 15) is 9.59 Å². The number of carbonyl (C=O) groups excluding carboxylic acids is 2. The molecule has 2 rings (SSSR count). The maximum atomic E-state index is 12.5. The summed E-state index contributed by atoms with van der Waals surface area (Å²) in [5.74, 6) is 1.43. The number of hydrogen-bond donors (Lipinski definition) is 2. The van der Waals surface area contributed by atoms with Gasteiger partial charge in [0.1, 0.15) is 5.75 Å². The van der Waals surface area contributed by atoms with Crippen molar-refractivity contribution in [1.29, 1.82) is 0 Å². The molecule has 2 amide bonds. The van der Waals surface area contributed by atoms with Crippen molar-refractivity contribution in [1.82, 2.24) is 10.2 Å². The number of methoxy groups -OCH3 is 1. The Labute approximate surface area is 156 Å². The number of benzene rings is 1. The number of anilines is 1. The SMILES string of the molecule is COc1ccc(NC(=O)C(C)N2CCC(CCNC(=O)C(C)C)C2)cc1. The minimum Gasteiger partial charge on any atom is -0.497 e. The molecular formula is C20H31N3O3. The van der Waals surface area contributed by atoms with Gasteiger partial charge >= 0.3 is 0 Å². The second kappa shape index (κ2) is 9.57. The summed E-state index contributed by atoms with van der Waals surface area (Å²) in [6.45, 7) is 8.27. The first-order valence-corrected chi connectivity index (χ1v) is 9.37. The van der Waals surface area contributed by atoms with Crippen molar-refractivity contribution in [2.45, 2.75) is 39.7 Å². The molecule has 0 aromatic heterocycles. The average molecular weight is 361 g/mol. The lowest BCUT2D eigenvalue weighted by molar-refractivity contribution is -0.124. The molecule has 0 spiro atoms. The van der Waals surface area contributed by atoms with E-state index in [0.717, 1.165) is 37.4 Å². The standard InChI is InChI=1S/C20H31N3O3/c1-14(2)19(24)21-11-9-16-10-12-23(13-16)15(3)20(25)22-17-5-7-18(26-4)8-6-17/h5-8,14-16H,9-13H2,1-4H3,(H,21,24)(H,22,25). The van der Waals surface area contributed by atoms with Gasteiger partial charge in [-0.05, 0) is 56.5 Å². The first-order valence-electron chi connectivity index (χ1n) is 9.37. The molecule has 6 heteroatoms. The van der Waals surface area contributed by atoms with E-state index in [2.05, 4.69) is 15.5 Å². The molecular weight excluding hydrogens is 330 g/mol. The number of nitrogens with one attached hydrogen (secondary N) is 2. The number of amides is 2. The number of hydrogen-bond acceptors (Lipinski definition) is 4. The van der Waals surface area contributed by atoms with E-state index in [1.807, 2.05) is 45.0 Å². The fourth-order valence-electron chi connectivity index (χ4n) is 3.14. The summed E-state index contributed by atoms with van der Waals surface area (Å²) in [5.41, 5.74) is 0.773. The van der Waals surface area contributed by atoms with Crippen LogP contribution in [-0.4, -0.2) is 49.5 Å². The topological polar surface area (TPSA) is 70.7 Å². The van der Waals surface area contributed by atoms with Crippen LogP contribution in [0.1, 0.15) is 33.6 Å². The van der Waals surface area contributed by atoms with Gasteiger partial charge < -0.3 is 15.4 Å². The maximum Gasteiger partial charge on any atom is 0.241 e. The van der Waals surface area contributed by atoms with Gasteiger partial charge in [0.15, 0.2) is 0 Å². The van der Waals surface area contributed by atoms with Gasteiger partial charge in [0.2, 0.25) is 11.8 Å². The summed E-state index contributed by atoms with van der Waals surface area (Å²) in [6.07, 6.45) is 2.03. The van der Waals surface area contributed by atoms with Gasteiger partial charge in [0.05, 0.1) is 13.2 Å². The van der Waals surface area contributed by atoms with Gasteiger partial charge in [-0.25, -0.2) is 0 Å². The van der Waals surface area contributed by atoms with Crippen LogP contribution in [0.2, 0.25) is 0 Å². The Morgan fingerprint density at radius 3 is 2.50 bits per heavy atom. The third kappa shape index (κ3) is 5.73. The van der Waals surface area contributed by atoms with Crippen molar-refractivity contribution in [2.75, 3.05) is 32.1 Å². The summed E-state index contributed by atoms with van der Waals surface area (Å²) in [4.78, 5) is 26.3. The number of carbonyl (C=O) groups is 2. The highest BCUT2D eigenvalue weighted by atomic mass is 16.5. The molecule has 2 unspecified atom stereocenters. The van der Waals surface area contributed by atoms with Gasteiger partial charge in [0.25, 0.3) is 0 Å². The van der Waals surface area contributed by atoms with Crippen LogP contribution in [0.25, 0.3) is 0 Å². The molecule has 6 nitrogen and oxygen atoms in total. The Kier molecular flexibility index (Phi) is 7.45. The van der Waals surface area contributed by atoms with Crippen molar-refractivity contribution in [3.63, 3.8) is 0 Å². The Morgan fingerprint density at radius 2 is 1.88 bits per heavy atom. The molecule has 26 heavy (non-hydrogen) atoms. The van der Waals surface area contributed by atoms with E-state index in [0.29, 0.717) is 12.5 Å². The van der Waals surface area contributed by atoms with Gasteiger partial charge in [-0.15, -0.1) is 0 Å². The van der Waals surface area contributed by atoms with Crippen molar-refractivity contribution in [2.24, 2.45) is 11.8 Å². The summed E-state index contributed by atoms with van der Waals surface area (Å²) >= 11 is 0. The van der Waals surface area contributed by atoms with Crippen LogP contribution in [0.15, 0.2) is 24.3 Å². The fraction of sp³-hybridized carbons (Fsp3) is 0.600. The molecule has 1 fully saturated rings. The Balaban J connectivity index is 1.76. The van der Waals surface area contributed by atoms with E-state index in [1.54, 1.807) is 7.11 Å². The first kappa shape index (κ1) is 20.2. The molecule has 144 valence electrons. The van der Waals surface area contributed by atoms with Gasteiger partial charge in [0, 0.05) is 24.7 Å². The zero-order valence-electron chi connectivity index (χ0n) is 16.2. The molecule has 0 aliphatic carbocycles. The molecule has 2 atom stereocenters. The quantitative estimate of drug-likeness (QED) is 0.746.